The van der Waals surface area contributed by atoms with Crippen molar-refractivity contribution in [1.82, 2.24) is 24.9 Å². The minimum atomic E-state index is -0.163. The third kappa shape index (κ3) is 4.09. The van der Waals surface area contributed by atoms with Crippen molar-refractivity contribution in [3.8, 4) is 0 Å². The summed E-state index contributed by atoms with van der Waals surface area (Å²) < 4.78 is 10.1. The number of carbonyl (C=O) groups is 2. The molecule has 1 unspecified atom stereocenters. The Labute approximate surface area is 151 Å². The number of aromatic nitrogens is 3. The van der Waals surface area contributed by atoms with Crippen LogP contribution in [-0.4, -0.2) is 62.4 Å². The number of piperidine rings is 1. The lowest BCUT2D eigenvalue weighted by Crippen LogP contribution is -2.51. The number of carbonyl (C=O) groups excluding carboxylic acids is 2. The Morgan fingerprint density at radius 1 is 1.31 bits per heavy atom. The molecule has 1 fully saturated rings. The Kier molecular flexibility index (Phi) is 5.34. The zero-order valence-corrected chi connectivity index (χ0v) is 15.3. The molecular weight excluding hydrogens is 338 g/mol. The van der Waals surface area contributed by atoms with Gasteiger partial charge in [0.05, 0.1) is 0 Å². The van der Waals surface area contributed by atoms with E-state index in [2.05, 4.69) is 15.1 Å². The number of oxazole rings is 1. The molecule has 1 atom stereocenters. The van der Waals surface area contributed by atoms with Crippen LogP contribution in [0.5, 0.6) is 0 Å². The van der Waals surface area contributed by atoms with Crippen LogP contribution in [0.2, 0.25) is 0 Å². The van der Waals surface area contributed by atoms with Crippen LogP contribution in [0.4, 0.5) is 0 Å². The predicted octanol–water partition coefficient (Wildman–Crippen LogP) is 1.37. The highest BCUT2D eigenvalue weighted by Crippen LogP contribution is 2.19. The summed E-state index contributed by atoms with van der Waals surface area (Å²) >= 11 is 0. The lowest BCUT2D eigenvalue weighted by Gasteiger charge is -2.38. The average molecular weight is 361 g/mol. The predicted molar refractivity (Wildman–Crippen MR) is 90.3 cm³/mol. The second kappa shape index (κ2) is 7.67. The van der Waals surface area contributed by atoms with Crippen LogP contribution in [0.1, 0.15) is 47.9 Å². The minimum Gasteiger partial charge on any atom is -0.448 e. The van der Waals surface area contributed by atoms with E-state index in [1.807, 2.05) is 0 Å². The van der Waals surface area contributed by atoms with Crippen LogP contribution < -0.4 is 0 Å². The van der Waals surface area contributed by atoms with E-state index in [-0.39, 0.29) is 17.9 Å². The van der Waals surface area contributed by atoms with Gasteiger partial charge in [-0.2, -0.15) is 4.98 Å². The normalized spacial score (nSPS) is 17.3. The van der Waals surface area contributed by atoms with Gasteiger partial charge < -0.3 is 18.7 Å². The number of amides is 2. The standard InChI is InChI=1S/C17H23N5O4/c1-11-18-15(10-25-11)17(24)21-7-4-5-14(9-21)22(13(3)23)8-6-16-19-12(2)26-20-16/h10,14H,4-9H2,1-3H3. The lowest BCUT2D eigenvalue weighted by molar-refractivity contribution is -0.132. The zero-order valence-electron chi connectivity index (χ0n) is 15.3. The van der Waals surface area contributed by atoms with Crippen molar-refractivity contribution < 1.29 is 18.5 Å². The number of aryl methyl sites for hydroxylation is 2. The molecule has 3 heterocycles. The van der Waals surface area contributed by atoms with Crippen molar-refractivity contribution in [3.05, 3.63) is 29.6 Å². The van der Waals surface area contributed by atoms with E-state index >= 15 is 0 Å². The second-order valence-electron chi connectivity index (χ2n) is 6.49. The van der Waals surface area contributed by atoms with Crippen LogP contribution >= 0.6 is 0 Å². The summed E-state index contributed by atoms with van der Waals surface area (Å²) in [5.74, 6) is 1.36. The summed E-state index contributed by atoms with van der Waals surface area (Å²) in [6.07, 6.45) is 3.58. The highest BCUT2D eigenvalue weighted by molar-refractivity contribution is 5.92. The van der Waals surface area contributed by atoms with Gasteiger partial charge in [0.2, 0.25) is 11.8 Å². The topological polar surface area (TPSA) is 106 Å². The number of hydrogen-bond donors (Lipinski definition) is 0. The fraction of sp³-hybridized carbons (Fsp3) is 0.588. The first-order valence-corrected chi connectivity index (χ1v) is 8.72. The molecule has 9 nitrogen and oxygen atoms in total. The van der Waals surface area contributed by atoms with Gasteiger partial charge in [-0.3, -0.25) is 9.59 Å². The first-order chi connectivity index (χ1) is 12.4. The van der Waals surface area contributed by atoms with Gasteiger partial charge in [-0.05, 0) is 12.8 Å². The highest BCUT2D eigenvalue weighted by Gasteiger charge is 2.30. The van der Waals surface area contributed by atoms with Gasteiger partial charge in [0.15, 0.2) is 17.4 Å². The Morgan fingerprint density at radius 3 is 2.73 bits per heavy atom. The molecule has 3 rings (SSSR count). The van der Waals surface area contributed by atoms with Gasteiger partial charge in [0, 0.05) is 52.9 Å². The summed E-state index contributed by atoms with van der Waals surface area (Å²) in [4.78, 5) is 36.6. The molecule has 2 aromatic rings. The van der Waals surface area contributed by atoms with E-state index in [0.29, 0.717) is 49.4 Å². The molecule has 0 aromatic carbocycles. The molecule has 2 amide bonds. The zero-order chi connectivity index (χ0) is 18.7. The van der Waals surface area contributed by atoms with Gasteiger partial charge in [-0.25, -0.2) is 4.98 Å². The number of rotatable bonds is 5. The fourth-order valence-corrected chi connectivity index (χ4v) is 3.28. The molecule has 0 aliphatic carbocycles. The molecule has 0 N–H and O–H groups in total. The fourth-order valence-electron chi connectivity index (χ4n) is 3.28. The van der Waals surface area contributed by atoms with Gasteiger partial charge in [0.1, 0.15) is 6.26 Å². The van der Waals surface area contributed by atoms with Crippen molar-refractivity contribution in [2.24, 2.45) is 0 Å². The van der Waals surface area contributed by atoms with E-state index in [1.54, 1.807) is 30.6 Å². The summed E-state index contributed by atoms with van der Waals surface area (Å²) in [7, 11) is 0. The Bertz CT molecular complexity index is 784. The number of hydrogen-bond acceptors (Lipinski definition) is 7. The first kappa shape index (κ1) is 18.1. The lowest BCUT2D eigenvalue weighted by atomic mass is 10.0. The third-order valence-electron chi connectivity index (χ3n) is 4.51. The molecule has 1 saturated heterocycles. The molecular formula is C17H23N5O4. The Hall–Kier alpha value is -2.71. The van der Waals surface area contributed by atoms with E-state index in [4.69, 9.17) is 8.94 Å². The Balaban J connectivity index is 1.65. The number of likely N-dealkylation sites (tertiary alicyclic amines) is 1. The van der Waals surface area contributed by atoms with E-state index in [9.17, 15) is 9.59 Å². The van der Waals surface area contributed by atoms with Crippen molar-refractivity contribution >= 4 is 11.8 Å². The van der Waals surface area contributed by atoms with Gasteiger partial charge >= 0.3 is 0 Å². The van der Waals surface area contributed by atoms with E-state index in [1.165, 1.54) is 6.26 Å². The maximum absolute atomic E-state index is 12.6. The molecule has 0 bridgehead atoms. The maximum atomic E-state index is 12.6. The maximum Gasteiger partial charge on any atom is 0.275 e. The molecule has 9 heteroatoms. The summed E-state index contributed by atoms with van der Waals surface area (Å²) in [6.45, 7) is 6.60. The average Bonchev–Trinajstić information content (AvgIpc) is 3.23. The minimum absolute atomic E-state index is 0.0261. The van der Waals surface area contributed by atoms with Crippen LogP contribution in [0, 0.1) is 13.8 Å². The molecule has 140 valence electrons. The first-order valence-electron chi connectivity index (χ1n) is 8.72. The van der Waals surface area contributed by atoms with Crippen LogP contribution in [0.3, 0.4) is 0 Å². The molecule has 0 spiro atoms. The second-order valence-corrected chi connectivity index (χ2v) is 6.49. The molecule has 0 radical (unpaired) electrons. The van der Waals surface area contributed by atoms with Gasteiger partial charge in [0.25, 0.3) is 5.91 Å². The van der Waals surface area contributed by atoms with Crippen LogP contribution in [0.15, 0.2) is 15.2 Å². The van der Waals surface area contributed by atoms with E-state index < -0.39 is 0 Å². The summed E-state index contributed by atoms with van der Waals surface area (Å²) in [5, 5.41) is 3.87. The number of nitrogens with zero attached hydrogens (tertiary/aromatic N) is 5. The SMILES string of the molecule is CC(=O)N(CCc1noc(C)n1)C1CCCN(C(=O)c2coc(C)n2)C1. The van der Waals surface area contributed by atoms with Crippen molar-refractivity contribution in [2.45, 2.75) is 46.1 Å². The largest absolute Gasteiger partial charge is 0.448 e. The highest BCUT2D eigenvalue weighted by atomic mass is 16.5. The van der Waals surface area contributed by atoms with Gasteiger partial charge in [-0.1, -0.05) is 5.16 Å². The quantitative estimate of drug-likeness (QED) is 0.792. The summed E-state index contributed by atoms with van der Waals surface area (Å²) in [5.41, 5.74) is 0.305. The van der Waals surface area contributed by atoms with Crippen molar-refractivity contribution in [2.75, 3.05) is 19.6 Å². The van der Waals surface area contributed by atoms with Crippen molar-refractivity contribution in [3.63, 3.8) is 0 Å². The molecule has 0 saturated carbocycles. The molecule has 26 heavy (non-hydrogen) atoms. The Morgan fingerprint density at radius 2 is 2.12 bits per heavy atom. The van der Waals surface area contributed by atoms with Crippen LogP contribution in [0.25, 0.3) is 0 Å². The van der Waals surface area contributed by atoms with E-state index in [0.717, 1.165) is 12.8 Å². The molecule has 2 aromatic heterocycles. The third-order valence-corrected chi connectivity index (χ3v) is 4.51. The molecule has 1 aliphatic rings. The summed E-state index contributed by atoms with van der Waals surface area (Å²) in [6, 6.07) is -0.0359. The molecule has 1 aliphatic heterocycles. The van der Waals surface area contributed by atoms with Crippen molar-refractivity contribution in [1.29, 1.82) is 0 Å². The van der Waals surface area contributed by atoms with Gasteiger partial charge in [-0.15, -0.1) is 0 Å². The smallest absolute Gasteiger partial charge is 0.275 e. The van der Waals surface area contributed by atoms with Crippen LogP contribution in [-0.2, 0) is 11.2 Å². The monoisotopic (exact) mass is 361 g/mol.